The van der Waals surface area contributed by atoms with E-state index in [1.165, 1.54) is 0 Å². The predicted molar refractivity (Wildman–Crippen MR) is 79.0 cm³/mol. The summed E-state index contributed by atoms with van der Waals surface area (Å²) in [5, 5.41) is 3.42. The molecule has 0 atom stereocenters. The number of nitrogens with two attached hydrogens (primary N) is 1. The van der Waals surface area contributed by atoms with Crippen LogP contribution in [0.1, 0.15) is 27.7 Å². The van der Waals surface area contributed by atoms with Gasteiger partial charge in [0.2, 0.25) is 0 Å². The molecule has 0 aliphatic carbocycles. The van der Waals surface area contributed by atoms with Gasteiger partial charge in [0.1, 0.15) is 13.2 Å². The third kappa shape index (κ3) is 3.06. The van der Waals surface area contributed by atoms with Crippen molar-refractivity contribution in [2.24, 2.45) is 11.3 Å². The monoisotopic (exact) mass is 264 g/mol. The highest BCUT2D eigenvalue weighted by Crippen LogP contribution is 2.37. The molecule has 19 heavy (non-hydrogen) atoms. The Hall–Kier alpha value is -1.58. The van der Waals surface area contributed by atoms with Gasteiger partial charge in [-0.3, -0.25) is 0 Å². The van der Waals surface area contributed by atoms with E-state index < -0.39 is 0 Å². The van der Waals surface area contributed by atoms with Crippen LogP contribution in [0.2, 0.25) is 0 Å². The zero-order chi connectivity index (χ0) is 14.0. The van der Waals surface area contributed by atoms with Gasteiger partial charge in [0, 0.05) is 18.7 Å². The molecule has 1 aliphatic rings. The fraction of sp³-hybridized carbons (Fsp3) is 0.600. The van der Waals surface area contributed by atoms with Crippen LogP contribution >= 0.6 is 0 Å². The molecule has 4 heteroatoms. The van der Waals surface area contributed by atoms with Crippen LogP contribution in [0.15, 0.2) is 12.1 Å². The Labute approximate surface area is 115 Å². The SMILES string of the molecule is CC(C)C(C)(C)CNc1cc2c(cc1N)OCCO2. The van der Waals surface area contributed by atoms with Gasteiger partial charge in [-0.1, -0.05) is 27.7 Å². The van der Waals surface area contributed by atoms with Crippen molar-refractivity contribution in [1.82, 2.24) is 0 Å². The standard InChI is InChI=1S/C15H24N2O2/c1-10(2)15(3,4)9-17-12-8-14-13(7-11(12)16)18-5-6-19-14/h7-8,10,17H,5-6,9,16H2,1-4H3. The summed E-state index contributed by atoms with van der Waals surface area (Å²) in [7, 11) is 0. The Morgan fingerprint density at radius 2 is 1.79 bits per heavy atom. The molecule has 0 saturated heterocycles. The zero-order valence-corrected chi connectivity index (χ0v) is 12.2. The van der Waals surface area contributed by atoms with Crippen LogP contribution in [-0.4, -0.2) is 19.8 Å². The van der Waals surface area contributed by atoms with Gasteiger partial charge in [0.15, 0.2) is 11.5 Å². The molecule has 0 bridgehead atoms. The van der Waals surface area contributed by atoms with Crippen LogP contribution in [0, 0.1) is 11.3 Å². The van der Waals surface area contributed by atoms with Crippen molar-refractivity contribution in [3.63, 3.8) is 0 Å². The number of nitrogen functional groups attached to an aromatic ring is 1. The fourth-order valence-electron chi connectivity index (χ4n) is 1.78. The second-order valence-electron chi connectivity index (χ2n) is 6.08. The summed E-state index contributed by atoms with van der Waals surface area (Å²) in [6.45, 7) is 11.0. The van der Waals surface area contributed by atoms with Crippen molar-refractivity contribution >= 4 is 11.4 Å². The van der Waals surface area contributed by atoms with Crippen LogP contribution in [0.3, 0.4) is 0 Å². The average molecular weight is 264 g/mol. The highest BCUT2D eigenvalue weighted by molar-refractivity contribution is 5.72. The first-order valence-electron chi connectivity index (χ1n) is 6.83. The van der Waals surface area contributed by atoms with Crippen molar-refractivity contribution < 1.29 is 9.47 Å². The summed E-state index contributed by atoms with van der Waals surface area (Å²) in [4.78, 5) is 0. The Balaban J connectivity index is 2.13. The number of benzene rings is 1. The largest absolute Gasteiger partial charge is 0.486 e. The molecule has 1 aromatic carbocycles. The third-order valence-electron chi connectivity index (χ3n) is 4.01. The molecule has 0 spiro atoms. The number of ether oxygens (including phenoxy) is 2. The number of hydrogen-bond donors (Lipinski definition) is 2. The smallest absolute Gasteiger partial charge is 0.163 e. The summed E-state index contributed by atoms with van der Waals surface area (Å²) >= 11 is 0. The molecule has 0 aromatic heterocycles. The number of hydrogen-bond acceptors (Lipinski definition) is 4. The molecule has 0 amide bonds. The third-order valence-corrected chi connectivity index (χ3v) is 4.01. The van der Waals surface area contributed by atoms with Gasteiger partial charge in [-0.05, 0) is 11.3 Å². The Morgan fingerprint density at radius 3 is 2.37 bits per heavy atom. The predicted octanol–water partition coefficient (Wildman–Crippen LogP) is 3.13. The summed E-state index contributed by atoms with van der Waals surface area (Å²) in [6, 6.07) is 3.76. The summed E-state index contributed by atoms with van der Waals surface area (Å²) in [5.74, 6) is 2.10. The number of fused-ring (bicyclic) bond motifs is 1. The van der Waals surface area contributed by atoms with Crippen molar-refractivity contribution in [3.05, 3.63) is 12.1 Å². The van der Waals surface area contributed by atoms with Gasteiger partial charge in [0.05, 0.1) is 11.4 Å². The zero-order valence-electron chi connectivity index (χ0n) is 12.2. The van der Waals surface area contributed by atoms with Gasteiger partial charge < -0.3 is 20.5 Å². The van der Waals surface area contributed by atoms with Gasteiger partial charge in [0.25, 0.3) is 0 Å². The maximum absolute atomic E-state index is 6.05. The van der Waals surface area contributed by atoms with E-state index in [0.717, 1.165) is 23.7 Å². The lowest BCUT2D eigenvalue weighted by atomic mass is 9.81. The first-order chi connectivity index (χ1) is 8.90. The molecular weight excluding hydrogens is 240 g/mol. The topological polar surface area (TPSA) is 56.5 Å². The summed E-state index contributed by atoms with van der Waals surface area (Å²) < 4.78 is 11.1. The maximum Gasteiger partial charge on any atom is 0.163 e. The lowest BCUT2D eigenvalue weighted by molar-refractivity contribution is 0.172. The molecule has 1 aliphatic heterocycles. The average Bonchev–Trinajstić information content (AvgIpc) is 2.36. The molecule has 106 valence electrons. The Bertz CT molecular complexity index is 456. The van der Waals surface area contributed by atoms with E-state index in [1.54, 1.807) is 0 Å². The number of nitrogens with one attached hydrogen (secondary N) is 1. The van der Waals surface area contributed by atoms with Gasteiger partial charge in [-0.15, -0.1) is 0 Å². The summed E-state index contributed by atoms with van der Waals surface area (Å²) in [6.07, 6.45) is 0. The van der Waals surface area contributed by atoms with E-state index in [-0.39, 0.29) is 5.41 Å². The van der Waals surface area contributed by atoms with Crippen molar-refractivity contribution in [2.75, 3.05) is 30.8 Å². The van der Waals surface area contributed by atoms with Crippen LogP contribution < -0.4 is 20.5 Å². The molecule has 0 unspecified atom stereocenters. The first kappa shape index (κ1) is 13.8. The van der Waals surface area contributed by atoms with Crippen molar-refractivity contribution in [2.45, 2.75) is 27.7 Å². The second kappa shape index (κ2) is 5.19. The van der Waals surface area contributed by atoms with E-state index in [1.807, 2.05) is 12.1 Å². The van der Waals surface area contributed by atoms with E-state index in [4.69, 9.17) is 15.2 Å². The van der Waals surface area contributed by atoms with Crippen LogP contribution in [0.25, 0.3) is 0 Å². The van der Waals surface area contributed by atoms with Gasteiger partial charge >= 0.3 is 0 Å². The van der Waals surface area contributed by atoms with E-state index in [9.17, 15) is 0 Å². The molecule has 0 saturated carbocycles. The van der Waals surface area contributed by atoms with E-state index in [2.05, 4.69) is 33.0 Å². The Kier molecular flexibility index (Phi) is 3.78. The van der Waals surface area contributed by atoms with Crippen molar-refractivity contribution in [1.29, 1.82) is 0 Å². The number of anilines is 2. The highest BCUT2D eigenvalue weighted by atomic mass is 16.6. The molecule has 0 radical (unpaired) electrons. The lowest BCUT2D eigenvalue weighted by Crippen LogP contribution is -2.28. The van der Waals surface area contributed by atoms with E-state index >= 15 is 0 Å². The van der Waals surface area contributed by atoms with Gasteiger partial charge in [-0.25, -0.2) is 0 Å². The minimum absolute atomic E-state index is 0.208. The second-order valence-corrected chi connectivity index (χ2v) is 6.08. The molecule has 3 N–H and O–H groups in total. The molecular formula is C15H24N2O2. The van der Waals surface area contributed by atoms with Crippen LogP contribution in [0.4, 0.5) is 11.4 Å². The quantitative estimate of drug-likeness (QED) is 0.820. The van der Waals surface area contributed by atoms with Crippen molar-refractivity contribution in [3.8, 4) is 11.5 Å². The molecule has 1 heterocycles. The molecule has 4 nitrogen and oxygen atoms in total. The van der Waals surface area contributed by atoms with E-state index in [0.29, 0.717) is 24.8 Å². The Morgan fingerprint density at radius 1 is 1.21 bits per heavy atom. The minimum Gasteiger partial charge on any atom is -0.486 e. The molecule has 2 rings (SSSR count). The summed E-state index contributed by atoms with van der Waals surface area (Å²) in [5.41, 5.74) is 7.87. The molecule has 0 fully saturated rings. The van der Waals surface area contributed by atoms with Gasteiger partial charge in [-0.2, -0.15) is 0 Å². The van der Waals surface area contributed by atoms with Crippen LogP contribution in [-0.2, 0) is 0 Å². The molecule has 1 aromatic rings. The first-order valence-corrected chi connectivity index (χ1v) is 6.83. The maximum atomic E-state index is 6.05. The number of rotatable bonds is 4. The lowest BCUT2D eigenvalue weighted by Gasteiger charge is -2.30. The fourth-order valence-corrected chi connectivity index (χ4v) is 1.78. The minimum atomic E-state index is 0.208. The highest BCUT2D eigenvalue weighted by Gasteiger charge is 2.23. The normalized spacial score (nSPS) is 14.6. The van der Waals surface area contributed by atoms with Crippen LogP contribution in [0.5, 0.6) is 11.5 Å².